The third kappa shape index (κ3) is 3.64. The zero-order valence-electron chi connectivity index (χ0n) is 12.1. The largest absolute Gasteiger partial charge is 0.480 e. The van der Waals surface area contributed by atoms with Crippen molar-refractivity contribution in [3.63, 3.8) is 0 Å². The Kier molecular flexibility index (Phi) is 4.50. The number of aromatic nitrogens is 2. The number of hydrogen-bond donors (Lipinski definition) is 1. The number of carboxylic acid groups (broad SMARTS) is 1. The third-order valence-electron chi connectivity index (χ3n) is 3.30. The molecule has 5 nitrogen and oxygen atoms in total. The van der Waals surface area contributed by atoms with E-state index in [0.717, 1.165) is 27.7 Å². The van der Waals surface area contributed by atoms with Gasteiger partial charge in [0.1, 0.15) is 6.61 Å². The Labute approximate surface area is 137 Å². The molecule has 6 heteroatoms. The smallest absolute Gasteiger partial charge is 0.329 e. The lowest BCUT2D eigenvalue weighted by atomic mass is 10.1. The summed E-state index contributed by atoms with van der Waals surface area (Å²) in [5.74, 6) is -0.980. The summed E-state index contributed by atoms with van der Waals surface area (Å²) in [6, 6.07) is 11.2. The van der Waals surface area contributed by atoms with Crippen LogP contribution in [0.2, 0.25) is 5.02 Å². The molecule has 0 bridgehead atoms. The van der Waals surface area contributed by atoms with Crippen molar-refractivity contribution in [2.75, 3.05) is 6.61 Å². The molecular formula is C17H13ClN2O3. The van der Waals surface area contributed by atoms with Gasteiger partial charge in [-0.05, 0) is 17.7 Å². The zero-order chi connectivity index (χ0) is 16.2. The number of fused-ring (bicyclic) bond motifs is 1. The van der Waals surface area contributed by atoms with Gasteiger partial charge in [0, 0.05) is 23.3 Å². The van der Waals surface area contributed by atoms with Gasteiger partial charge >= 0.3 is 5.97 Å². The Balaban J connectivity index is 1.83. The van der Waals surface area contributed by atoms with E-state index in [2.05, 4.69) is 9.97 Å². The molecule has 1 N–H and O–H groups in total. The Morgan fingerprint density at radius 2 is 2.00 bits per heavy atom. The number of hydrogen-bond acceptors (Lipinski definition) is 4. The monoisotopic (exact) mass is 328 g/mol. The van der Waals surface area contributed by atoms with Crippen molar-refractivity contribution in [1.29, 1.82) is 0 Å². The van der Waals surface area contributed by atoms with Crippen molar-refractivity contribution >= 4 is 28.5 Å². The Bertz CT molecular complexity index is 850. The van der Waals surface area contributed by atoms with Gasteiger partial charge in [0.05, 0.1) is 22.8 Å². The molecule has 1 aromatic carbocycles. The van der Waals surface area contributed by atoms with Crippen LogP contribution in [0.5, 0.6) is 0 Å². The minimum atomic E-state index is -0.980. The summed E-state index contributed by atoms with van der Waals surface area (Å²) in [7, 11) is 0. The van der Waals surface area contributed by atoms with Gasteiger partial charge in [0.2, 0.25) is 0 Å². The van der Waals surface area contributed by atoms with E-state index in [9.17, 15) is 4.79 Å². The van der Waals surface area contributed by atoms with Gasteiger partial charge in [-0.1, -0.05) is 35.9 Å². The summed E-state index contributed by atoms with van der Waals surface area (Å²) < 4.78 is 5.06. The number of carboxylic acids is 1. The minimum absolute atomic E-state index is 0.254. The van der Waals surface area contributed by atoms with E-state index >= 15 is 0 Å². The summed E-state index contributed by atoms with van der Waals surface area (Å²) in [5.41, 5.74) is 3.38. The number of ether oxygens (including phenoxy) is 1. The molecule has 2 heterocycles. The number of pyridine rings is 2. The van der Waals surface area contributed by atoms with Crippen molar-refractivity contribution in [2.45, 2.75) is 6.61 Å². The molecular weight excluding hydrogens is 316 g/mol. The second-order valence-corrected chi connectivity index (χ2v) is 5.37. The van der Waals surface area contributed by atoms with Crippen molar-refractivity contribution in [3.8, 4) is 11.3 Å². The Hall–Kier alpha value is -2.50. The lowest BCUT2D eigenvalue weighted by Crippen LogP contribution is -2.06. The first kappa shape index (κ1) is 15.4. The number of carbonyl (C=O) groups is 1. The van der Waals surface area contributed by atoms with Gasteiger partial charge in [0.15, 0.2) is 0 Å². The van der Waals surface area contributed by atoms with Gasteiger partial charge in [0.25, 0.3) is 0 Å². The van der Waals surface area contributed by atoms with E-state index in [1.165, 1.54) is 0 Å². The average Bonchev–Trinajstić information content (AvgIpc) is 2.55. The van der Waals surface area contributed by atoms with Gasteiger partial charge in [-0.15, -0.1) is 0 Å². The molecule has 0 fully saturated rings. The maximum atomic E-state index is 10.4. The minimum Gasteiger partial charge on any atom is -0.480 e. The predicted molar refractivity (Wildman–Crippen MR) is 87.3 cm³/mol. The maximum absolute atomic E-state index is 10.4. The lowest BCUT2D eigenvalue weighted by molar-refractivity contribution is -0.142. The summed E-state index contributed by atoms with van der Waals surface area (Å²) in [6.07, 6.45) is 3.37. The first-order valence-electron chi connectivity index (χ1n) is 6.92. The average molecular weight is 329 g/mol. The number of nitrogens with zero attached hydrogens (tertiary/aromatic N) is 2. The summed E-state index contributed by atoms with van der Waals surface area (Å²) in [4.78, 5) is 19.1. The molecule has 0 saturated heterocycles. The summed E-state index contributed by atoms with van der Waals surface area (Å²) in [5, 5.41) is 9.97. The fourth-order valence-electron chi connectivity index (χ4n) is 2.20. The Morgan fingerprint density at radius 3 is 2.74 bits per heavy atom. The van der Waals surface area contributed by atoms with Gasteiger partial charge in [-0.25, -0.2) is 9.78 Å². The highest BCUT2D eigenvalue weighted by Gasteiger charge is 2.06. The van der Waals surface area contributed by atoms with E-state index < -0.39 is 5.97 Å². The van der Waals surface area contributed by atoms with Crippen molar-refractivity contribution < 1.29 is 14.6 Å². The number of rotatable bonds is 5. The SMILES string of the molecule is O=C(O)COCc1ccc(-c2cc(Cl)c3cnccc3n2)cc1. The van der Waals surface area contributed by atoms with Crippen LogP contribution < -0.4 is 0 Å². The van der Waals surface area contributed by atoms with Crippen LogP contribution in [0.1, 0.15) is 5.56 Å². The van der Waals surface area contributed by atoms with Crippen LogP contribution in [0.3, 0.4) is 0 Å². The molecule has 0 spiro atoms. The molecule has 3 rings (SSSR count). The van der Waals surface area contributed by atoms with Crippen LogP contribution >= 0.6 is 11.6 Å². The van der Waals surface area contributed by atoms with Crippen molar-refractivity contribution in [1.82, 2.24) is 9.97 Å². The van der Waals surface area contributed by atoms with E-state index in [1.54, 1.807) is 12.4 Å². The van der Waals surface area contributed by atoms with Crippen LogP contribution in [0.4, 0.5) is 0 Å². The molecule has 0 aliphatic heterocycles. The highest BCUT2D eigenvalue weighted by molar-refractivity contribution is 6.35. The molecule has 0 radical (unpaired) electrons. The number of benzene rings is 1. The topological polar surface area (TPSA) is 72.3 Å². The fourth-order valence-corrected chi connectivity index (χ4v) is 2.45. The predicted octanol–water partition coefficient (Wildman–Crippen LogP) is 3.55. The zero-order valence-corrected chi connectivity index (χ0v) is 12.8. The van der Waals surface area contributed by atoms with Crippen LogP contribution in [0.25, 0.3) is 22.2 Å². The molecule has 23 heavy (non-hydrogen) atoms. The molecule has 0 unspecified atom stereocenters. The highest BCUT2D eigenvalue weighted by atomic mass is 35.5. The van der Waals surface area contributed by atoms with Crippen LogP contribution in [0, 0.1) is 0 Å². The standard InChI is InChI=1S/C17H13ClN2O3/c18-14-7-16(20-15-5-6-19-8-13(14)15)12-3-1-11(2-4-12)9-23-10-17(21)22/h1-8H,9-10H2,(H,21,22). The molecule has 116 valence electrons. The van der Waals surface area contributed by atoms with Gasteiger partial charge < -0.3 is 9.84 Å². The molecule has 2 aromatic heterocycles. The third-order valence-corrected chi connectivity index (χ3v) is 3.62. The first-order valence-corrected chi connectivity index (χ1v) is 7.30. The maximum Gasteiger partial charge on any atom is 0.329 e. The second-order valence-electron chi connectivity index (χ2n) is 4.97. The fraction of sp³-hybridized carbons (Fsp3) is 0.118. The molecule has 0 aliphatic rings. The highest BCUT2D eigenvalue weighted by Crippen LogP contribution is 2.27. The lowest BCUT2D eigenvalue weighted by Gasteiger charge is -2.07. The molecule has 0 saturated carbocycles. The second kappa shape index (κ2) is 6.73. The normalized spacial score (nSPS) is 10.8. The molecule has 0 amide bonds. The Morgan fingerprint density at radius 1 is 1.22 bits per heavy atom. The van der Waals surface area contributed by atoms with Crippen LogP contribution in [0.15, 0.2) is 48.8 Å². The number of aliphatic carboxylic acids is 1. The van der Waals surface area contributed by atoms with E-state index in [-0.39, 0.29) is 13.2 Å². The van der Waals surface area contributed by atoms with E-state index in [4.69, 9.17) is 21.4 Å². The summed E-state index contributed by atoms with van der Waals surface area (Å²) >= 11 is 6.29. The van der Waals surface area contributed by atoms with Crippen LogP contribution in [-0.4, -0.2) is 27.7 Å². The van der Waals surface area contributed by atoms with Crippen LogP contribution in [-0.2, 0) is 16.1 Å². The quantitative estimate of drug-likeness (QED) is 0.775. The number of halogens is 1. The first-order chi connectivity index (χ1) is 11.1. The molecule has 3 aromatic rings. The van der Waals surface area contributed by atoms with Crippen molar-refractivity contribution in [2.24, 2.45) is 0 Å². The molecule has 0 aliphatic carbocycles. The van der Waals surface area contributed by atoms with Gasteiger partial charge in [-0.3, -0.25) is 4.98 Å². The van der Waals surface area contributed by atoms with Gasteiger partial charge in [-0.2, -0.15) is 0 Å². The van der Waals surface area contributed by atoms with E-state index in [0.29, 0.717) is 5.02 Å². The summed E-state index contributed by atoms with van der Waals surface area (Å²) in [6.45, 7) is -0.0538. The van der Waals surface area contributed by atoms with E-state index in [1.807, 2.05) is 36.4 Å². The van der Waals surface area contributed by atoms with Crippen molar-refractivity contribution in [3.05, 3.63) is 59.4 Å². The molecule has 0 atom stereocenters.